The van der Waals surface area contributed by atoms with Gasteiger partial charge in [-0.3, -0.25) is 4.79 Å². The van der Waals surface area contributed by atoms with E-state index in [0.717, 1.165) is 9.18 Å². The van der Waals surface area contributed by atoms with Crippen LogP contribution in [0.3, 0.4) is 0 Å². The van der Waals surface area contributed by atoms with E-state index in [0.29, 0.717) is 5.56 Å². The van der Waals surface area contributed by atoms with Crippen LogP contribution in [0.15, 0.2) is 64.9 Å². The summed E-state index contributed by atoms with van der Waals surface area (Å²) >= 11 is 7.62. The van der Waals surface area contributed by atoms with Gasteiger partial charge in [0.1, 0.15) is 5.82 Å². The Labute approximate surface area is 177 Å². The average molecular weight is 453 g/mol. The van der Waals surface area contributed by atoms with Crippen molar-refractivity contribution in [1.82, 2.24) is 9.62 Å². The summed E-state index contributed by atoms with van der Waals surface area (Å²) in [7, 11) is -0.908. The summed E-state index contributed by atoms with van der Waals surface area (Å²) in [6, 6.07) is 13.0. The Balaban J connectivity index is 1.97. The van der Waals surface area contributed by atoms with E-state index in [-0.39, 0.29) is 21.3 Å². The summed E-state index contributed by atoms with van der Waals surface area (Å²) in [5.74, 6) is -0.914. The van der Waals surface area contributed by atoms with Crippen LogP contribution in [0.1, 0.15) is 26.8 Å². The Bertz CT molecular complexity index is 1120. The zero-order valence-electron chi connectivity index (χ0n) is 15.6. The number of sulfonamides is 1. The van der Waals surface area contributed by atoms with Crippen LogP contribution in [0.25, 0.3) is 0 Å². The minimum atomic E-state index is -3.72. The van der Waals surface area contributed by atoms with Crippen LogP contribution in [0.2, 0.25) is 5.02 Å². The lowest BCUT2D eigenvalue weighted by Crippen LogP contribution is -2.29. The third-order valence-electron chi connectivity index (χ3n) is 4.27. The number of carbonyl (C=O) groups is 1. The van der Waals surface area contributed by atoms with Crippen LogP contribution in [-0.2, 0) is 10.0 Å². The molecule has 2 aromatic carbocycles. The number of amides is 1. The molecule has 5 nitrogen and oxygen atoms in total. The van der Waals surface area contributed by atoms with Crippen molar-refractivity contribution in [2.45, 2.75) is 10.9 Å². The van der Waals surface area contributed by atoms with Gasteiger partial charge in [-0.05, 0) is 47.3 Å². The second-order valence-corrected chi connectivity index (χ2v) is 9.94. The number of nitrogens with zero attached hydrogens (tertiary/aromatic N) is 1. The van der Waals surface area contributed by atoms with E-state index in [4.69, 9.17) is 11.6 Å². The molecule has 1 amide bonds. The molecule has 3 aromatic rings. The predicted octanol–water partition coefficient (Wildman–Crippen LogP) is 4.31. The lowest BCUT2D eigenvalue weighted by Gasteiger charge is -2.19. The van der Waals surface area contributed by atoms with Crippen molar-refractivity contribution in [3.63, 3.8) is 0 Å². The van der Waals surface area contributed by atoms with Crippen molar-refractivity contribution in [3.8, 4) is 0 Å². The highest BCUT2D eigenvalue weighted by Gasteiger charge is 2.23. The molecule has 29 heavy (non-hydrogen) atoms. The van der Waals surface area contributed by atoms with E-state index in [2.05, 4.69) is 5.32 Å². The van der Waals surface area contributed by atoms with Gasteiger partial charge >= 0.3 is 0 Å². The van der Waals surface area contributed by atoms with Crippen molar-refractivity contribution in [1.29, 1.82) is 0 Å². The van der Waals surface area contributed by atoms with Crippen LogP contribution < -0.4 is 5.32 Å². The topological polar surface area (TPSA) is 66.5 Å². The molecule has 1 unspecified atom stereocenters. The first-order chi connectivity index (χ1) is 13.7. The predicted molar refractivity (Wildman–Crippen MR) is 112 cm³/mol. The number of hydrogen-bond donors (Lipinski definition) is 1. The molecular weight excluding hydrogens is 435 g/mol. The Morgan fingerprint density at radius 3 is 2.41 bits per heavy atom. The van der Waals surface area contributed by atoms with Gasteiger partial charge in [0.15, 0.2) is 0 Å². The van der Waals surface area contributed by atoms with Crippen molar-refractivity contribution < 1.29 is 17.6 Å². The third-order valence-corrected chi connectivity index (χ3v) is 7.35. The van der Waals surface area contributed by atoms with Gasteiger partial charge in [0.2, 0.25) is 10.0 Å². The van der Waals surface area contributed by atoms with Gasteiger partial charge in [0.25, 0.3) is 5.91 Å². The number of benzene rings is 2. The number of rotatable bonds is 6. The van der Waals surface area contributed by atoms with Crippen LogP contribution >= 0.6 is 22.9 Å². The van der Waals surface area contributed by atoms with Gasteiger partial charge in [-0.25, -0.2) is 17.1 Å². The molecule has 0 bridgehead atoms. The number of thiophene rings is 1. The summed E-state index contributed by atoms with van der Waals surface area (Å²) in [5, 5.41) is 4.88. The Morgan fingerprint density at radius 1 is 1.14 bits per heavy atom. The quantitative estimate of drug-likeness (QED) is 0.606. The minimum Gasteiger partial charge on any atom is -0.340 e. The number of carbonyl (C=O) groups excluding carboxylic acids is 1. The first-order valence-electron chi connectivity index (χ1n) is 8.52. The van der Waals surface area contributed by atoms with Gasteiger partial charge in [-0.2, -0.15) is 0 Å². The van der Waals surface area contributed by atoms with E-state index in [9.17, 15) is 17.6 Å². The van der Waals surface area contributed by atoms with Gasteiger partial charge in [0.05, 0.1) is 21.5 Å². The van der Waals surface area contributed by atoms with Crippen molar-refractivity contribution in [2.75, 3.05) is 14.1 Å². The van der Waals surface area contributed by atoms with E-state index in [1.165, 1.54) is 55.8 Å². The highest BCUT2D eigenvalue weighted by atomic mass is 35.5. The Hall–Kier alpha value is -2.26. The molecular formula is C20H18ClFN2O3S2. The van der Waals surface area contributed by atoms with E-state index >= 15 is 0 Å². The molecule has 0 aliphatic carbocycles. The van der Waals surface area contributed by atoms with Gasteiger partial charge in [-0.1, -0.05) is 29.8 Å². The second-order valence-electron chi connectivity index (χ2n) is 6.40. The largest absolute Gasteiger partial charge is 0.340 e. The fraction of sp³-hybridized carbons (Fsp3) is 0.150. The Kier molecular flexibility index (Phi) is 6.38. The first kappa shape index (κ1) is 21.4. The molecule has 1 heterocycles. The summed E-state index contributed by atoms with van der Waals surface area (Å²) in [5.41, 5.74) is 0.730. The van der Waals surface area contributed by atoms with Gasteiger partial charge in [0, 0.05) is 19.0 Å². The maximum atomic E-state index is 13.3. The Morgan fingerprint density at radius 2 is 1.83 bits per heavy atom. The maximum Gasteiger partial charge on any atom is 0.253 e. The third kappa shape index (κ3) is 4.67. The fourth-order valence-corrected chi connectivity index (χ4v) is 4.62. The standard InChI is InChI=1S/C20H18ClFN2O3S2/c1-24(2)29(26,27)15-9-10-17(21)16(12-15)20(25)23-19(18-4-3-11-28-18)13-5-7-14(22)8-6-13/h3-12,19H,1-2H3,(H,23,25). The fourth-order valence-electron chi connectivity index (χ4n) is 2.69. The number of halogens is 2. The van der Waals surface area contributed by atoms with Crippen molar-refractivity contribution in [3.05, 3.63) is 86.8 Å². The summed E-state index contributed by atoms with van der Waals surface area (Å²) in [4.78, 5) is 13.8. The lowest BCUT2D eigenvalue weighted by atomic mass is 10.0. The zero-order valence-corrected chi connectivity index (χ0v) is 18.0. The number of nitrogens with one attached hydrogen (secondary N) is 1. The molecule has 1 atom stereocenters. The van der Waals surface area contributed by atoms with Crippen LogP contribution in [0.4, 0.5) is 4.39 Å². The molecule has 0 saturated carbocycles. The SMILES string of the molecule is CN(C)S(=O)(=O)c1ccc(Cl)c(C(=O)NC(c2ccc(F)cc2)c2cccs2)c1. The van der Waals surface area contributed by atoms with Crippen molar-refractivity contribution in [2.24, 2.45) is 0 Å². The van der Waals surface area contributed by atoms with Crippen LogP contribution in [0, 0.1) is 5.82 Å². The molecule has 9 heteroatoms. The first-order valence-corrected chi connectivity index (χ1v) is 11.2. The zero-order chi connectivity index (χ0) is 21.2. The molecule has 152 valence electrons. The maximum absolute atomic E-state index is 13.3. The molecule has 0 spiro atoms. The molecule has 1 aromatic heterocycles. The molecule has 3 rings (SSSR count). The second kappa shape index (κ2) is 8.62. The molecule has 1 N–H and O–H groups in total. The molecule has 0 aliphatic heterocycles. The number of hydrogen-bond acceptors (Lipinski definition) is 4. The van der Waals surface area contributed by atoms with Gasteiger partial charge in [-0.15, -0.1) is 11.3 Å². The van der Waals surface area contributed by atoms with Crippen LogP contribution in [0.5, 0.6) is 0 Å². The van der Waals surface area contributed by atoms with E-state index in [1.807, 2.05) is 17.5 Å². The molecule has 0 aliphatic rings. The highest BCUT2D eigenvalue weighted by Crippen LogP contribution is 2.28. The molecule has 0 radical (unpaired) electrons. The van der Waals surface area contributed by atoms with E-state index < -0.39 is 22.0 Å². The lowest BCUT2D eigenvalue weighted by molar-refractivity contribution is 0.0943. The van der Waals surface area contributed by atoms with Crippen molar-refractivity contribution >= 4 is 38.9 Å². The smallest absolute Gasteiger partial charge is 0.253 e. The summed E-state index contributed by atoms with van der Waals surface area (Å²) < 4.78 is 39.2. The summed E-state index contributed by atoms with van der Waals surface area (Å²) in [6.45, 7) is 0. The summed E-state index contributed by atoms with van der Waals surface area (Å²) in [6.07, 6.45) is 0. The van der Waals surface area contributed by atoms with Gasteiger partial charge < -0.3 is 5.32 Å². The minimum absolute atomic E-state index is 0.0356. The highest BCUT2D eigenvalue weighted by molar-refractivity contribution is 7.89. The van der Waals surface area contributed by atoms with E-state index in [1.54, 1.807) is 12.1 Å². The monoisotopic (exact) mass is 452 g/mol. The molecule has 0 saturated heterocycles. The average Bonchev–Trinajstić information content (AvgIpc) is 3.21. The van der Waals surface area contributed by atoms with Crippen LogP contribution in [-0.4, -0.2) is 32.7 Å². The normalized spacial score (nSPS) is 12.7. The molecule has 0 fully saturated rings.